The number of carbonyl (C=O) groups excluding carboxylic acids is 2. The highest BCUT2D eigenvalue weighted by atomic mass is 32.2. The number of rotatable bonds is 7. The molecule has 0 unspecified atom stereocenters. The van der Waals surface area contributed by atoms with Crippen LogP contribution < -0.4 is 5.32 Å². The van der Waals surface area contributed by atoms with Crippen LogP contribution in [0.15, 0.2) is 30.3 Å². The minimum atomic E-state index is -0.00559. The quantitative estimate of drug-likeness (QED) is 0.811. The van der Waals surface area contributed by atoms with Crippen molar-refractivity contribution < 1.29 is 9.59 Å². The SMILES string of the molecule is Cc1cc(C)n(-c2ccc(CCNC(=O)CCN3CCSC3=O)cc2)n1. The van der Waals surface area contributed by atoms with Crippen LogP contribution in [0.25, 0.3) is 5.69 Å². The lowest BCUT2D eigenvalue weighted by Gasteiger charge is -2.14. The van der Waals surface area contributed by atoms with Gasteiger partial charge in [0.25, 0.3) is 5.24 Å². The maximum absolute atomic E-state index is 11.9. The van der Waals surface area contributed by atoms with E-state index in [-0.39, 0.29) is 11.1 Å². The molecule has 0 atom stereocenters. The highest BCUT2D eigenvalue weighted by molar-refractivity contribution is 8.13. The summed E-state index contributed by atoms with van der Waals surface area (Å²) in [5, 5.41) is 7.50. The number of carbonyl (C=O) groups is 2. The fourth-order valence-electron chi connectivity index (χ4n) is 2.99. The van der Waals surface area contributed by atoms with Gasteiger partial charge in [0.2, 0.25) is 5.91 Å². The standard InChI is InChI=1S/C19H24N4O2S/c1-14-13-15(2)23(21-14)17-5-3-16(4-6-17)7-9-20-18(24)8-10-22-11-12-26-19(22)25/h3-6,13H,7-12H2,1-2H3,(H,20,24). The molecule has 0 spiro atoms. The molecule has 2 aromatic rings. The molecule has 2 amide bonds. The number of benzene rings is 1. The second kappa shape index (κ2) is 8.40. The van der Waals surface area contributed by atoms with E-state index in [1.807, 2.05) is 30.7 Å². The normalized spacial score (nSPS) is 14.1. The fourth-order valence-corrected chi connectivity index (χ4v) is 3.85. The number of nitrogens with zero attached hydrogens (tertiary/aromatic N) is 3. The lowest BCUT2D eigenvalue weighted by atomic mass is 10.1. The Hall–Kier alpha value is -2.28. The van der Waals surface area contributed by atoms with Crippen molar-refractivity contribution in [2.75, 3.05) is 25.4 Å². The molecule has 0 radical (unpaired) electrons. The van der Waals surface area contributed by atoms with Crippen molar-refractivity contribution in [2.45, 2.75) is 26.7 Å². The molecule has 0 bridgehead atoms. The number of amides is 2. The van der Waals surface area contributed by atoms with Crippen LogP contribution in [0.2, 0.25) is 0 Å². The van der Waals surface area contributed by atoms with Crippen molar-refractivity contribution >= 4 is 22.9 Å². The van der Waals surface area contributed by atoms with Crippen LogP contribution in [0.4, 0.5) is 4.79 Å². The van der Waals surface area contributed by atoms with E-state index in [0.29, 0.717) is 19.5 Å². The van der Waals surface area contributed by atoms with E-state index in [4.69, 9.17) is 0 Å². The molecule has 3 rings (SSSR count). The first-order valence-electron chi connectivity index (χ1n) is 8.84. The molecule has 1 aromatic heterocycles. The number of thioether (sulfide) groups is 1. The van der Waals surface area contributed by atoms with E-state index in [1.54, 1.807) is 4.90 Å². The van der Waals surface area contributed by atoms with E-state index < -0.39 is 0 Å². The van der Waals surface area contributed by atoms with Crippen LogP contribution in [0.1, 0.15) is 23.4 Å². The molecule has 1 saturated heterocycles. The first-order chi connectivity index (χ1) is 12.5. The third-order valence-electron chi connectivity index (χ3n) is 4.38. The summed E-state index contributed by atoms with van der Waals surface area (Å²) in [6.45, 7) is 5.88. The summed E-state index contributed by atoms with van der Waals surface area (Å²) >= 11 is 1.32. The molecule has 2 heterocycles. The van der Waals surface area contributed by atoms with Gasteiger partial charge >= 0.3 is 0 Å². The molecule has 26 heavy (non-hydrogen) atoms. The van der Waals surface area contributed by atoms with Gasteiger partial charge in [0.1, 0.15) is 0 Å². The maximum Gasteiger partial charge on any atom is 0.281 e. The van der Waals surface area contributed by atoms with E-state index in [2.05, 4.69) is 28.6 Å². The molecule has 7 heteroatoms. The predicted octanol–water partition coefficient (Wildman–Crippen LogP) is 2.71. The van der Waals surface area contributed by atoms with Gasteiger partial charge in [-0.15, -0.1) is 0 Å². The van der Waals surface area contributed by atoms with Crippen LogP contribution in [-0.4, -0.2) is 51.2 Å². The molecular weight excluding hydrogens is 348 g/mol. The Morgan fingerprint density at radius 1 is 1.27 bits per heavy atom. The zero-order chi connectivity index (χ0) is 18.5. The summed E-state index contributed by atoms with van der Waals surface area (Å²) in [6, 6.07) is 10.3. The lowest BCUT2D eigenvalue weighted by molar-refractivity contribution is -0.121. The van der Waals surface area contributed by atoms with Crippen LogP contribution in [0.5, 0.6) is 0 Å². The molecule has 138 valence electrons. The monoisotopic (exact) mass is 372 g/mol. The Labute approximate surface area is 157 Å². The largest absolute Gasteiger partial charge is 0.356 e. The third-order valence-corrected chi connectivity index (χ3v) is 5.27. The van der Waals surface area contributed by atoms with Crippen molar-refractivity contribution in [3.05, 3.63) is 47.3 Å². The second-order valence-corrected chi connectivity index (χ2v) is 7.50. The molecule has 1 aliphatic heterocycles. The maximum atomic E-state index is 11.9. The second-order valence-electron chi connectivity index (χ2n) is 6.46. The Bertz CT molecular complexity index is 785. The van der Waals surface area contributed by atoms with Gasteiger partial charge in [-0.3, -0.25) is 9.59 Å². The van der Waals surface area contributed by atoms with Crippen molar-refractivity contribution in [3.63, 3.8) is 0 Å². The van der Waals surface area contributed by atoms with Gasteiger partial charge < -0.3 is 10.2 Å². The predicted molar refractivity (Wildman–Crippen MR) is 104 cm³/mol. The minimum Gasteiger partial charge on any atom is -0.356 e. The topological polar surface area (TPSA) is 67.2 Å². The van der Waals surface area contributed by atoms with Crippen molar-refractivity contribution in [2.24, 2.45) is 0 Å². The van der Waals surface area contributed by atoms with Gasteiger partial charge in [0.15, 0.2) is 0 Å². The summed E-state index contributed by atoms with van der Waals surface area (Å²) in [4.78, 5) is 25.1. The van der Waals surface area contributed by atoms with Crippen LogP contribution in [0, 0.1) is 13.8 Å². The van der Waals surface area contributed by atoms with E-state index in [9.17, 15) is 9.59 Å². The number of hydrogen-bond acceptors (Lipinski definition) is 4. The summed E-state index contributed by atoms with van der Waals surface area (Å²) in [5.74, 6) is 0.822. The number of aromatic nitrogens is 2. The molecule has 1 fully saturated rings. The highest BCUT2D eigenvalue weighted by Crippen LogP contribution is 2.17. The first kappa shape index (κ1) is 18.5. The molecule has 0 aliphatic carbocycles. The van der Waals surface area contributed by atoms with Gasteiger partial charge in [-0.25, -0.2) is 4.68 Å². The van der Waals surface area contributed by atoms with E-state index in [1.165, 1.54) is 17.3 Å². The first-order valence-corrected chi connectivity index (χ1v) is 9.82. The zero-order valence-corrected chi connectivity index (χ0v) is 16.0. The average Bonchev–Trinajstić information content (AvgIpc) is 3.18. The molecular formula is C19H24N4O2S. The summed E-state index contributed by atoms with van der Waals surface area (Å²) < 4.78 is 1.93. The zero-order valence-electron chi connectivity index (χ0n) is 15.2. The van der Waals surface area contributed by atoms with Gasteiger partial charge in [-0.2, -0.15) is 5.10 Å². The lowest BCUT2D eigenvalue weighted by Crippen LogP contribution is -2.31. The summed E-state index contributed by atoms with van der Waals surface area (Å²) in [7, 11) is 0. The van der Waals surface area contributed by atoms with Gasteiger partial charge in [-0.05, 0) is 44.0 Å². The van der Waals surface area contributed by atoms with Gasteiger partial charge in [0, 0.05) is 37.5 Å². The average molecular weight is 372 g/mol. The third kappa shape index (κ3) is 4.66. The number of hydrogen-bond donors (Lipinski definition) is 1. The van der Waals surface area contributed by atoms with E-state index in [0.717, 1.165) is 35.8 Å². The summed E-state index contributed by atoms with van der Waals surface area (Å²) in [6.07, 6.45) is 1.14. The molecule has 1 N–H and O–H groups in total. The Morgan fingerprint density at radius 3 is 2.65 bits per heavy atom. The molecule has 1 aliphatic rings. The van der Waals surface area contributed by atoms with Gasteiger partial charge in [-0.1, -0.05) is 23.9 Å². The molecule has 6 nitrogen and oxygen atoms in total. The smallest absolute Gasteiger partial charge is 0.281 e. The van der Waals surface area contributed by atoms with E-state index >= 15 is 0 Å². The molecule has 0 saturated carbocycles. The summed E-state index contributed by atoms with van der Waals surface area (Å²) in [5.41, 5.74) is 4.32. The molecule has 1 aromatic carbocycles. The Kier molecular flexibility index (Phi) is 5.98. The Morgan fingerprint density at radius 2 is 2.04 bits per heavy atom. The van der Waals surface area contributed by atoms with Crippen molar-refractivity contribution in [1.29, 1.82) is 0 Å². The van der Waals surface area contributed by atoms with Crippen molar-refractivity contribution in [1.82, 2.24) is 20.0 Å². The van der Waals surface area contributed by atoms with Gasteiger partial charge in [0.05, 0.1) is 11.4 Å². The van der Waals surface area contributed by atoms with Crippen LogP contribution >= 0.6 is 11.8 Å². The minimum absolute atomic E-state index is 0.00559. The number of nitrogens with one attached hydrogen (secondary N) is 1. The fraction of sp³-hybridized carbons (Fsp3) is 0.421. The highest BCUT2D eigenvalue weighted by Gasteiger charge is 2.21. The van der Waals surface area contributed by atoms with Crippen molar-refractivity contribution in [3.8, 4) is 5.69 Å². The van der Waals surface area contributed by atoms with Crippen LogP contribution in [0.3, 0.4) is 0 Å². The van der Waals surface area contributed by atoms with Crippen LogP contribution in [-0.2, 0) is 11.2 Å². The number of aryl methyl sites for hydroxylation is 2. The Balaban J connectivity index is 1.42.